The van der Waals surface area contributed by atoms with Gasteiger partial charge in [0.05, 0.1) is 16.1 Å². The van der Waals surface area contributed by atoms with Crippen molar-refractivity contribution < 1.29 is 23.1 Å². The number of benzene rings is 3. The number of para-hydroxylation sites is 1. The van der Waals surface area contributed by atoms with Crippen LogP contribution in [0.15, 0.2) is 71.6 Å². The number of hydrogen-bond donors (Lipinski definition) is 2. The Balaban J connectivity index is 1.40. The Labute approximate surface area is 204 Å². The summed E-state index contributed by atoms with van der Waals surface area (Å²) in [5.41, 5.74) is 2.95. The molecule has 9 heteroatoms. The molecule has 0 aromatic heterocycles. The van der Waals surface area contributed by atoms with Crippen LogP contribution in [-0.4, -0.2) is 61.3 Å². The molecular weight excluding hydrogens is 466 g/mol. The molecular formula is C26H27N3O5S. The van der Waals surface area contributed by atoms with Gasteiger partial charge in [0.25, 0.3) is 21.8 Å². The predicted octanol–water partition coefficient (Wildman–Crippen LogP) is 3.41. The summed E-state index contributed by atoms with van der Waals surface area (Å²) in [6.07, 6.45) is 0. The second-order valence-electron chi connectivity index (χ2n) is 8.48. The van der Waals surface area contributed by atoms with Gasteiger partial charge < -0.3 is 14.9 Å². The molecule has 3 aromatic rings. The van der Waals surface area contributed by atoms with E-state index in [1.165, 1.54) is 30.3 Å². The molecule has 0 atom stereocenters. The van der Waals surface area contributed by atoms with Crippen molar-refractivity contribution in [1.82, 2.24) is 9.80 Å². The lowest BCUT2D eigenvalue weighted by molar-refractivity contribution is 0.0533. The number of anilines is 1. The Morgan fingerprint density at radius 2 is 1.40 bits per heavy atom. The van der Waals surface area contributed by atoms with E-state index < -0.39 is 10.0 Å². The Morgan fingerprint density at radius 1 is 0.800 bits per heavy atom. The highest BCUT2D eigenvalue weighted by atomic mass is 32.2. The van der Waals surface area contributed by atoms with Crippen molar-refractivity contribution in [2.75, 3.05) is 30.9 Å². The lowest BCUT2D eigenvalue weighted by atomic mass is 10.1. The number of hydrogen-bond acceptors (Lipinski definition) is 5. The second-order valence-corrected chi connectivity index (χ2v) is 10.2. The molecule has 182 valence electrons. The number of nitrogens with zero attached hydrogens (tertiary/aromatic N) is 2. The van der Waals surface area contributed by atoms with Crippen molar-refractivity contribution in [3.63, 3.8) is 0 Å². The maximum atomic E-state index is 13.0. The van der Waals surface area contributed by atoms with Gasteiger partial charge in [-0.3, -0.25) is 14.3 Å². The maximum absolute atomic E-state index is 13.0. The molecule has 0 unspecified atom stereocenters. The number of carbonyl (C=O) groups excluding carboxylic acids is 2. The van der Waals surface area contributed by atoms with Gasteiger partial charge in [-0.1, -0.05) is 24.3 Å². The fourth-order valence-electron chi connectivity index (χ4n) is 3.96. The molecule has 0 bridgehead atoms. The fraction of sp³-hybridized carbons (Fsp3) is 0.231. The van der Waals surface area contributed by atoms with Crippen LogP contribution in [0.4, 0.5) is 5.69 Å². The van der Waals surface area contributed by atoms with Crippen molar-refractivity contribution in [2.45, 2.75) is 18.7 Å². The fourth-order valence-corrected chi connectivity index (χ4v) is 5.08. The van der Waals surface area contributed by atoms with Crippen molar-refractivity contribution in [3.8, 4) is 5.75 Å². The van der Waals surface area contributed by atoms with Crippen LogP contribution in [0.5, 0.6) is 5.75 Å². The molecule has 4 rings (SSSR count). The van der Waals surface area contributed by atoms with Gasteiger partial charge in [-0.05, 0) is 67.4 Å². The third-order valence-corrected chi connectivity index (χ3v) is 7.63. The van der Waals surface area contributed by atoms with E-state index in [1.54, 1.807) is 40.1 Å². The number of amides is 2. The first-order valence-corrected chi connectivity index (χ1v) is 12.7. The molecule has 1 fully saturated rings. The first kappa shape index (κ1) is 24.3. The molecule has 8 nitrogen and oxygen atoms in total. The van der Waals surface area contributed by atoms with Gasteiger partial charge in [-0.25, -0.2) is 8.42 Å². The smallest absolute Gasteiger partial charge is 0.261 e. The normalized spacial score (nSPS) is 14.0. The molecule has 1 aliphatic rings. The van der Waals surface area contributed by atoms with E-state index >= 15 is 0 Å². The standard InChI is InChI=1S/C26H27N3O5S/c1-18-6-5-8-23(19(18)2)27-35(33,34)21-12-10-20(11-13-21)25(31)28-14-16-29(17-15-28)26(32)22-7-3-4-9-24(22)30/h3-13,27,30H,14-17H2,1-2H3. The number of nitrogens with one attached hydrogen (secondary N) is 1. The van der Waals surface area contributed by atoms with Crippen LogP contribution in [0.2, 0.25) is 0 Å². The van der Waals surface area contributed by atoms with Gasteiger partial charge in [0.2, 0.25) is 0 Å². The van der Waals surface area contributed by atoms with Crippen LogP contribution in [0, 0.1) is 13.8 Å². The van der Waals surface area contributed by atoms with Crippen LogP contribution in [0.25, 0.3) is 0 Å². The van der Waals surface area contributed by atoms with Crippen LogP contribution >= 0.6 is 0 Å². The minimum atomic E-state index is -3.81. The summed E-state index contributed by atoms with van der Waals surface area (Å²) >= 11 is 0. The molecule has 35 heavy (non-hydrogen) atoms. The molecule has 2 N–H and O–H groups in total. The van der Waals surface area contributed by atoms with E-state index in [2.05, 4.69) is 4.72 Å². The van der Waals surface area contributed by atoms with Gasteiger partial charge in [0, 0.05) is 31.7 Å². The average molecular weight is 494 g/mol. The number of carbonyl (C=O) groups is 2. The zero-order valence-corrected chi connectivity index (χ0v) is 20.4. The largest absolute Gasteiger partial charge is 0.507 e. The number of rotatable bonds is 5. The van der Waals surface area contributed by atoms with E-state index in [-0.39, 0.29) is 28.0 Å². The summed E-state index contributed by atoms with van der Waals surface area (Å²) in [6, 6.07) is 17.6. The molecule has 0 spiro atoms. The van der Waals surface area contributed by atoms with E-state index in [4.69, 9.17) is 0 Å². The number of aryl methyl sites for hydroxylation is 1. The van der Waals surface area contributed by atoms with Crippen LogP contribution < -0.4 is 4.72 Å². The summed E-state index contributed by atoms with van der Waals surface area (Å²) in [6.45, 7) is 5.12. The Hall–Kier alpha value is -3.85. The molecule has 2 amide bonds. The van der Waals surface area contributed by atoms with Crippen molar-refractivity contribution in [1.29, 1.82) is 0 Å². The van der Waals surface area contributed by atoms with E-state index in [1.807, 2.05) is 19.9 Å². The third-order valence-electron chi connectivity index (χ3n) is 6.25. The number of aromatic hydroxyl groups is 1. The predicted molar refractivity (Wildman–Crippen MR) is 133 cm³/mol. The Morgan fingerprint density at radius 3 is 2.03 bits per heavy atom. The summed E-state index contributed by atoms with van der Waals surface area (Å²) in [4.78, 5) is 28.9. The monoisotopic (exact) mass is 493 g/mol. The number of piperazine rings is 1. The number of phenolic OH excluding ortho intramolecular Hbond substituents is 1. The highest BCUT2D eigenvalue weighted by Crippen LogP contribution is 2.23. The van der Waals surface area contributed by atoms with E-state index in [0.717, 1.165) is 11.1 Å². The summed E-state index contributed by atoms with van der Waals surface area (Å²) in [5, 5.41) is 9.93. The van der Waals surface area contributed by atoms with Crippen LogP contribution in [0.3, 0.4) is 0 Å². The molecule has 1 aliphatic heterocycles. The molecule has 3 aromatic carbocycles. The highest BCUT2D eigenvalue weighted by molar-refractivity contribution is 7.92. The minimum Gasteiger partial charge on any atom is -0.507 e. The Bertz CT molecular complexity index is 1360. The lowest BCUT2D eigenvalue weighted by Crippen LogP contribution is -2.50. The Kier molecular flexibility index (Phi) is 6.79. The van der Waals surface area contributed by atoms with Gasteiger partial charge in [0.15, 0.2) is 0 Å². The van der Waals surface area contributed by atoms with E-state index in [9.17, 15) is 23.1 Å². The molecule has 1 saturated heterocycles. The first-order valence-electron chi connectivity index (χ1n) is 11.2. The molecule has 0 aliphatic carbocycles. The minimum absolute atomic E-state index is 0.0630. The van der Waals surface area contributed by atoms with Gasteiger partial charge in [-0.15, -0.1) is 0 Å². The highest BCUT2D eigenvalue weighted by Gasteiger charge is 2.27. The van der Waals surface area contributed by atoms with Crippen molar-refractivity contribution in [3.05, 3.63) is 89.0 Å². The zero-order valence-electron chi connectivity index (χ0n) is 19.6. The summed E-state index contributed by atoms with van der Waals surface area (Å²) in [7, 11) is -3.81. The lowest BCUT2D eigenvalue weighted by Gasteiger charge is -2.35. The number of sulfonamides is 1. The zero-order chi connectivity index (χ0) is 25.2. The summed E-state index contributed by atoms with van der Waals surface area (Å²) < 4.78 is 28.3. The maximum Gasteiger partial charge on any atom is 0.261 e. The molecule has 0 radical (unpaired) electrons. The molecule has 0 saturated carbocycles. The van der Waals surface area contributed by atoms with Crippen LogP contribution in [0.1, 0.15) is 31.8 Å². The van der Waals surface area contributed by atoms with Gasteiger partial charge in [-0.2, -0.15) is 0 Å². The second kappa shape index (κ2) is 9.79. The van der Waals surface area contributed by atoms with Gasteiger partial charge in [0.1, 0.15) is 5.75 Å². The van der Waals surface area contributed by atoms with Crippen molar-refractivity contribution >= 4 is 27.5 Å². The van der Waals surface area contributed by atoms with Gasteiger partial charge >= 0.3 is 0 Å². The topological polar surface area (TPSA) is 107 Å². The average Bonchev–Trinajstić information content (AvgIpc) is 2.86. The quantitative estimate of drug-likeness (QED) is 0.567. The molecule has 1 heterocycles. The summed E-state index contributed by atoms with van der Waals surface area (Å²) in [5.74, 6) is -0.578. The number of phenols is 1. The van der Waals surface area contributed by atoms with E-state index in [0.29, 0.717) is 37.4 Å². The van der Waals surface area contributed by atoms with Crippen LogP contribution in [-0.2, 0) is 10.0 Å². The SMILES string of the molecule is Cc1cccc(NS(=O)(=O)c2ccc(C(=O)N3CCN(C(=O)c4ccccc4O)CC3)cc2)c1C. The first-order chi connectivity index (χ1) is 16.7. The van der Waals surface area contributed by atoms with Crippen molar-refractivity contribution in [2.24, 2.45) is 0 Å². The third kappa shape index (κ3) is 5.14.